The average Bonchev–Trinajstić information content (AvgIpc) is 3.45. The van der Waals surface area contributed by atoms with Crippen LogP contribution < -0.4 is 0 Å². The summed E-state index contributed by atoms with van der Waals surface area (Å²) in [5.74, 6) is -0.889. The van der Waals surface area contributed by atoms with E-state index in [1.165, 1.54) is 205 Å². The van der Waals surface area contributed by atoms with Crippen LogP contribution in [0.2, 0.25) is 0 Å². The highest BCUT2D eigenvalue weighted by Crippen LogP contribution is 2.16. The van der Waals surface area contributed by atoms with Gasteiger partial charge in [-0.25, -0.2) is 0 Å². The molecule has 0 aromatic heterocycles. The van der Waals surface area contributed by atoms with Crippen LogP contribution in [0.5, 0.6) is 0 Å². The number of ether oxygens (including phenoxy) is 3. The molecule has 456 valence electrons. The Hall–Kier alpha value is -3.41. The molecular weight excluding hydrogens is 973 g/mol. The fraction of sp³-hybridized carbons (Fsp3) is 0.767. The molecule has 0 aliphatic carbocycles. The number of allylic oxidation sites excluding steroid dienone is 14. The predicted octanol–water partition coefficient (Wildman–Crippen LogP) is 23.4. The molecule has 0 rings (SSSR count). The van der Waals surface area contributed by atoms with Gasteiger partial charge in [0.15, 0.2) is 6.10 Å². The third kappa shape index (κ3) is 65.3. The minimum Gasteiger partial charge on any atom is -0.462 e. The van der Waals surface area contributed by atoms with Crippen LogP contribution in [0.15, 0.2) is 85.1 Å². The highest BCUT2D eigenvalue weighted by molar-refractivity contribution is 5.71. The van der Waals surface area contributed by atoms with Crippen molar-refractivity contribution in [3.8, 4) is 0 Å². The van der Waals surface area contributed by atoms with E-state index in [1.807, 2.05) is 0 Å². The summed E-state index contributed by atoms with van der Waals surface area (Å²) in [6, 6.07) is 0. The fourth-order valence-corrected chi connectivity index (χ4v) is 9.69. The Morgan fingerprint density at radius 3 is 0.734 bits per heavy atom. The van der Waals surface area contributed by atoms with Crippen molar-refractivity contribution in [1.29, 1.82) is 0 Å². The molecule has 0 heterocycles. The first-order valence-corrected chi connectivity index (χ1v) is 34.1. The topological polar surface area (TPSA) is 78.9 Å². The Balaban J connectivity index is 4.33. The molecule has 0 aromatic carbocycles. The smallest absolute Gasteiger partial charge is 0.306 e. The largest absolute Gasteiger partial charge is 0.462 e. The van der Waals surface area contributed by atoms with Crippen LogP contribution in [0, 0.1) is 0 Å². The van der Waals surface area contributed by atoms with Crippen molar-refractivity contribution in [2.75, 3.05) is 13.2 Å². The first-order valence-electron chi connectivity index (χ1n) is 34.1. The summed E-state index contributed by atoms with van der Waals surface area (Å²) >= 11 is 0. The van der Waals surface area contributed by atoms with Crippen molar-refractivity contribution in [2.24, 2.45) is 0 Å². The van der Waals surface area contributed by atoms with Gasteiger partial charge in [-0.1, -0.05) is 286 Å². The van der Waals surface area contributed by atoms with Gasteiger partial charge in [-0.05, 0) is 122 Å². The van der Waals surface area contributed by atoms with E-state index < -0.39 is 6.10 Å². The lowest BCUT2D eigenvalue weighted by molar-refractivity contribution is -0.167. The van der Waals surface area contributed by atoms with E-state index in [1.54, 1.807) is 0 Å². The molecule has 0 radical (unpaired) electrons. The summed E-state index contributed by atoms with van der Waals surface area (Å²) < 4.78 is 16.9. The van der Waals surface area contributed by atoms with E-state index in [0.29, 0.717) is 19.3 Å². The molecule has 1 atom stereocenters. The monoisotopic (exact) mass is 1100 g/mol. The summed E-state index contributed by atoms with van der Waals surface area (Å²) in [5, 5.41) is 0. The van der Waals surface area contributed by atoms with Crippen molar-refractivity contribution in [3.63, 3.8) is 0 Å². The van der Waals surface area contributed by atoms with Gasteiger partial charge in [0, 0.05) is 19.3 Å². The van der Waals surface area contributed by atoms with Gasteiger partial charge in [-0.15, -0.1) is 0 Å². The predicted molar refractivity (Wildman–Crippen MR) is 344 cm³/mol. The summed E-state index contributed by atoms with van der Waals surface area (Å²) in [7, 11) is 0. The van der Waals surface area contributed by atoms with E-state index in [2.05, 4.69) is 106 Å². The zero-order valence-corrected chi connectivity index (χ0v) is 52.4. The minimum absolute atomic E-state index is 0.0832. The van der Waals surface area contributed by atoms with E-state index in [9.17, 15) is 14.4 Å². The molecule has 0 saturated heterocycles. The van der Waals surface area contributed by atoms with E-state index in [-0.39, 0.29) is 31.1 Å². The molecular formula is C73H128O6. The molecule has 6 nitrogen and oxygen atoms in total. The van der Waals surface area contributed by atoms with Gasteiger partial charge < -0.3 is 14.2 Å². The molecule has 0 spiro atoms. The second kappa shape index (κ2) is 67.1. The Labute approximate surface area is 490 Å². The maximum absolute atomic E-state index is 12.9. The van der Waals surface area contributed by atoms with E-state index >= 15 is 0 Å². The first-order chi connectivity index (χ1) is 39.0. The van der Waals surface area contributed by atoms with Gasteiger partial charge in [-0.3, -0.25) is 14.4 Å². The zero-order chi connectivity index (χ0) is 57.1. The molecule has 0 aliphatic rings. The summed E-state index contributed by atoms with van der Waals surface area (Å²) in [6.45, 7) is 6.62. The molecule has 1 unspecified atom stereocenters. The number of carbonyl (C=O) groups excluding carboxylic acids is 3. The normalized spacial score (nSPS) is 12.6. The van der Waals surface area contributed by atoms with Gasteiger partial charge in [0.05, 0.1) is 0 Å². The van der Waals surface area contributed by atoms with Gasteiger partial charge in [0.25, 0.3) is 0 Å². The van der Waals surface area contributed by atoms with Crippen LogP contribution in [0.3, 0.4) is 0 Å². The number of esters is 3. The van der Waals surface area contributed by atoms with Crippen LogP contribution in [0.25, 0.3) is 0 Å². The summed E-state index contributed by atoms with van der Waals surface area (Å²) in [5.41, 5.74) is 0. The molecule has 0 fully saturated rings. The van der Waals surface area contributed by atoms with Crippen LogP contribution in [-0.4, -0.2) is 37.2 Å². The quantitative estimate of drug-likeness (QED) is 0.0261. The lowest BCUT2D eigenvalue weighted by Gasteiger charge is -2.18. The Bertz CT molecular complexity index is 1500. The Kier molecular flexibility index (Phi) is 64.2. The maximum atomic E-state index is 12.9. The molecule has 0 bridgehead atoms. The fourth-order valence-electron chi connectivity index (χ4n) is 9.69. The van der Waals surface area contributed by atoms with Gasteiger partial charge in [-0.2, -0.15) is 0 Å². The van der Waals surface area contributed by atoms with Gasteiger partial charge >= 0.3 is 17.9 Å². The maximum Gasteiger partial charge on any atom is 0.306 e. The zero-order valence-electron chi connectivity index (χ0n) is 52.4. The number of hydrogen-bond donors (Lipinski definition) is 0. The summed E-state index contributed by atoms with van der Waals surface area (Å²) in [6.07, 6.45) is 88.8. The Morgan fingerprint density at radius 2 is 0.456 bits per heavy atom. The standard InChI is InChI=1S/C73H128O6/c1-4-7-10-13-16-19-22-25-27-29-31-33-35-36-38-39-41-43-45-48-51-54-57-60-63-66-72(75)78-69-70(68-77-71(74)65-62-59-56-53-50-47-24-21-18-15-12-9-6-3)79-73(76)67-64-61-58-55-52-49-46-44-42-40-37-34-32-30-28-26-23-20-17-14-11-8-5-2/h21-26,29-32,35-37,40,70H,4-20,27-28,33-34,38-39,41-69H2,1-3H3/b24-21-,25-22-,26-23-,31-29-,32-30-,36-35-,40-37-. The molecule has 6 heteroatoms. The molecule has 0 saturated carbocycles. The van der Waals surface area contributed by atoms with Gasteiger partial charge in [0.2, 0.25) is 0 Å². The van der Waals surface area contributed by atoms with Gasteiger partial charge in [0.1, 0.15) is 13.2 Å². The highest BCUT2D eigenvalue weighted by Gasteiger charge is 2.19. The summed E-state index contributed by atoms with van der Waals surface area (Å²) in [4.78, 5) is 38.4. The third-order valence-corrected chi connectivity index (χ3v) is 14.8. The van der Waals surface area contributed by atoms with Crippen molar-refractivity contribution in [2.45, 2.75) is 348 Å². The second-order valence-electron chi connectivity index (χ2n) is 22.7. The van der Waals surface area contributed by atoms with Crippen LogP contribution in [-0.2, 0) is 28.6 Å². The van der Waals surface area contributed by atoms with Crippen molar-refractivity contribution in [1.82, 2.24) is 0 Å². The Morgan fingerprint density at radius 1 is 0.253 bits per heavy atom. The number of hydrogen-bond acceptors (Lipinski definition) is 6. The van der Waals surface area contributed by atoms with Crippen LogP contribution in [0.4, 0.5) is 0 Å². The molecule has 0 aliphatic heterocycles. The molecule has 0 N–H and O–H groups in total. The molecule has 79 heavy (non-hydrogen) atoms. The highest BCUT2D eigenvalue weighted by atomic mass is 16.6. The SMILES string of the molecule is CCCCCC/C=C\CCCCCCCC(=O)OCC(COC(=O)CCCCCCCCCCCC/C=C\C/C=C\C/C=C\CCCCCCC)OC(=O)CCCCCCCCCC/C=C\C/C=C\C/C=C\CCCCCCC. The van der Waals surface area contributed by atoms with Crippen molar-refractivity contribution < 1.29 is 28.6 Å². The second-order valence-corrected chi connectivity index (χ2v) is 22.7. The lowest BCUT2D eigenvalue weighted by atomic mass is 10.1. The molecule has 0 amide bonds. The van der Waals surface area contributed by atoms with Crippen LogP contribution in [0.1, 0.15) is 342 Å². The molecule has 0 aromatic rings. The van der Waals surface area contributed by atoms with Crippen molar-refractivity contribution in [3.05, 3.63) is 85.1 Å². The van der Waals surface area contributed by atoms with E-state index in [0.717, 1.165) is 96.3 Å². The van der Waals surface area contributed by atoms with E-state index in [4.69, 9.17) is 14.2 Å². The number of rotatable bonds is 62. The third-order valence-electron chi connectivity index (χ3n) is 14.8. The number of carbonyl (C=O) groups is 3. The van der Waals surface area contributed by atoms with Crippen molar-refractivity contribution >= 4 is 17.9 Å². The first kappa shape index (κ1) is 75.6. The lowest BCUT2D eigenvalue weighted by Crippen LogP contribution is -2.30. The van der Waals surface area contributed by atoms with Crippen LogP contribution >= 0.6 is 0 Å². The average molecular weight is 1100 g/mol. The minimum atomic E-state index is -0.788. The number of unbranched alkanes of at least 4 members (excludes halogenated alkanes) is 37.